The Morgan fingerprint density at radius 1 is 1.47 bits per heavy atom. The maximum absolute atomic E-state index is 13.4. The van der Waals surface area contributed by atoms with E-state index in [0.717, 1.165) is 5.56 Å². The maximum Gasteiger partial charge on any atom is 0.165 e. The Labute approximate surface area is 88.1 Å². The van der Waals surface area contributed by atoms with Gasteiger partial charge in [-0.3, -0.25) is 4.79 Å². The first-order chi connectivity index (χ1) is 7.13. The summed E-state index contributed by atoms with van der Waals surface area (Å²) >= 11 is 0. The monoisotopic (exact) mass is 208 g/mol. The first-order valence-corrected chi connectivity index (χ1v) is 4.99. The van der Waals surface area contributed by atoms with Gasteiger partial charge in [0.15, 0.2) is 11.6 Å². The van der Waals surface area contributed by atoms with Gasteiger partial charge in [0.05, 0.1) is 7.11 Å². The third kappa shape index (κ3) is 1.62. The van der Waals surface area contributed by atoms with Gasteiger partial charge in [-0.2, -0.15) is 0 Å². The Hall–Kier alpha value is -1.38. The minimum Gasteiger partial charge on any atom is -0.494 e. The lowest BCUT2D eigenvalue weighted by molar-refractivity contribution is -0.130. The second kappa shape index (κ2) is 3.65. The lowest BCUT2D eigenvalue weighted by atomic mass is 9.70. The molecule has 80 valence electrons. The molecule has 0 spiro atoms. The molecule has 1 aliphatic rings. The summed E-state index contributed by atoms with van der Waals surface area (Å²) in [4.78, 5) is 11.1. The molecule has 1 aliphatic carbocycles. The molecule has 1 saturated carbocycles. The molecule has 15 heavy (non-hydrogen) atoms. The van der Waals surface area contributed by atoms with E-state index in [-0.39, 0.29) is 29.2 Å². The van der Waals surface area contributed by atoms with Gasteiger partial charge in [0, 0.05) is 18.3 Å². The fourth-order valence-corrected chi connectivity index (χ4v) is 1.96. The van der Waals surface area contributed by atoms with Crippen molar-refractivity contribution in [3.05, 3.63) is 29.6 Å². The van der Waals surface area contributed by atoms with Crippen LogP contribution in [-0.2, 0) is 4.79 Å². The Morgan fingerprint density at radius 3 is 2.67 bits per heavy atom. The minimum absolute atomic E-state index is 0.0257. The van der Waals surface area contributed by atoms with Gasteiger partial charge in [0.1, 0.15) is 5.78 Å². The number of carbonyl (C=O) groups is 1. The summed E-state index contributed by atoms with van der Waals surface area (Å²) in [5.74, 6) is 0.352. The molecular weight excluding hydrogens is 195 g/mol. The topological polar surface area (TPSA) is 26.3 Å². The predicted molar refractivity (Wildman–Crippen MR) is 54.5 cm³/mol. The average molecular weight is 208 g/mol. The van der Waals surface area contributed by atoms with E-state index in [2.05, 4.69) is 0 Å². The fraction of sp³-hybridized carbons (Fsp3) is 0.417. The molecule has 1 aromatic rings. The zero-order valence-electron chi connectivity index (χ0n) is 8.79. The number of ketones is 1. The van der Waals surface area contributed by atoms with Crippen LogP contribution in [0.1, 0.15) is 24.8 Å². The normalized spacial score (nSPS) is 24.9. The number of benzene rings is 1. The van der Waals surface area contributed by atoms with Crippen LogP contribution in [0.15, 0.2) is 18.2 Å². The summed E-state index contributed by atoms with van der Waals surface area (Å²) in [7, 11) is 1.44. The summed E-state index contributed by atoms with van der Waals surface area (Å²) in [6, 6.07) is 4.90. The molecule has 0 N–H and O–H groups in total. The number of Topliss-reactive ketones (excluding diaryl/α,β-unsaturated/α-hetero) is 1. The second-order valence-electron chi connectivity index (χ2n) is 3.96. The van der Waals surface area contributed by atoms with Gasteiger partial charge in [0.2, 0.25) is 0 Å². The molecule has 2 unspecified atom stereocenters. The molecule has 0 aliphatic heterocycles. The highest BCUT2D eigenvalue weighted by molar-refractivity contribution is 5.88. The summed E-state index contributed by atoms with van der Waals surface area (Å²) in [6.07, 6.45) is 0.535. The van der Waals surface area contributed by atoms with Gasteiger partial charge in [0.25, 0.3) is 0 Å². The molecule has 0 heterocycles. The van der Waals surface area contributed by atoms with Crippen LogP contribution in [0.3, 0.4) is 0 Å². The molecule has 0 aromatic heterocycles. The zero-order valence-corrected chi connectivity index (χ0v) is 8.79. The van der Waals surface area contributed by atoms with Crippen LogP contribution in [0.4, 0.5) is 4.39 Å². The van der Waals surface area contributed by atoms with Crippen molar-refractivity contribution in [2.45, 2.75) is 19.3 Å². The molecule has 2 nitrogen and oxygen atoms in total. The first kappa shape index (κ1) is 10.1. The highest BCUT2D eigenvalue weighted by Crippen LogP contribution is 2.40. The van der Waals surface area contributed by atoms with Crippen molar-refractivity contribution in [2.75, 3.05) is 7.11 Å². The molecule has 0 amide bonds. The van der Waals surface area contributed by atoms with Gasteiger partial charge < -0.3 is 4.74 Å². The van der Waals surface area contributed by atoms with Crippen LogP contribution >= 0.6 is 0 Å². The van der Waals surface area contributed by atoms with Crippen LogP contribution in [-0.4, -0.2) is 12.9 Å². The Balaban J connectivity index is 2.24. The van der Waals surface area contributed by atoms with Crippen LogP contribution in [0.25, 0.3) is 0 Å². The lowest BCUT2D eigenvalue weighted by Gasteiger charge is -2.32. The summed E-state index contributed by atoms with van der Waals surface area (Å²) in [5.41, 5.74) is 0.889. The van der Waals surface area contributed by atoms with Gasteiger partial charge in [-0.15, -0.1) is 0 Å². The first-order valence-electron chi connectivity index (χ1n) is 4.99. The summed E-state index contributed by atoms with van der Waals surface area (Å²) in [5, 5.41) is 0. The van der Waals surface area contributed by atoms with E-state index in [9.17, 15) is 9.18 Å². The van der Waals surface area contributed by atoms with E-state index in [4.69, 9.17) is 4.74 Å². The molecule has 0 saturated heterocycles. The number of carbonyl (C=O) groups excluding carboxylic acids is 1. The SMILES string of the molecule is COc1ccc(C2CC(=O)C2C)cc1F. The molecule has 1 fully saturated rings. The quantitative estimate of drug-likeness (QED) is 0.746. The Morgan fingerprint density at radius 2 is 2.20 bits per heavy atom. The molecule has 3 heteroatoms. The number of hydrogen-bond acceptors (Lipinski definition) is 2. The van der Waals surface area contributed by atoms with Crippen molar-refractivity contribution in [1.82, 2.24) is 0 Å². The third-order valence-corrected chi connectivity index (χ3v) is 3.14. The van der Waals surface area contributed by atoms with Crippen molar-refractivity contribution in [1.29, 1.82) is 0 Å². The van der Waals surface area contributed by atoms with Gasteiger partial charge >= 0.3 is 0 Å². The van der Waals surface area contributed by atoms with Crippen LogP contribution in [0.5, 0.6) is 5.75 Å². The molecule has 0 radical (unpaired) electrons. The predicted octanol–water partition coefficient (Wildman–Crippen LogP) is 2.53. The van der Waals surface area contributed by atoms with E-state index in [1.165, 1.54) is 13.2 Å². The number of rotatable bonds is 2. The molecule has 0 bridgehead atoms. The van der Waals surface area contributed by atoms with Crippen molar-refractivity contribution in [2.24, 2.45) is 5.92 Å². The number of ether oxygens (including phenoxy) is 1. The van der Waals surface area contributed by atoms with Gasteiger partial charge in [-0.1, -0.05) is 13.0 Å². The highest BCUT2D eigenvalue weighted by Gasteiger charge is 2.37. The third-order valence-electron chi connectivity index (χ3n) is 3.14. The minimum atomic E-state index is -0.360. The van der Waals surface area contributed by atoms with Crippen molar-refractivity contribution in [3.63, 3.8) is 0 Å². The molecule has 2 rings (SSSR count). The maximum atomic E-state index is 13.4. The van der Waals surface area contributed by atoms with Crippen LogP contribution in [0, 0.1) is 11.7 Å². The highest BCUT2D eigenvalue weighted by atomic mass is 19.1. The van der Waals surface area contributed by atoms with E-state index < -0.39 is 0 Å². The molecule has 1 aromatic carbocycles. The van der Waals surface area contributed by atoms with E-state index in [1.807, 2.05) is 13.0 Å². The zero-order chi connectivity index (χ0) is 11.0. The van der Waals surface area contributed by atoms with E-state index in [0.29, 0.717) is 6.42 Å². The van der Waals surface area contributed by atoms with Crippen LogP contribution < -0.4 is 4.74 Å². The van der Waals surface area contributed by atoms with Crippen molar-refractivity contribution >= 4 is 5.78 Å². The van der Waals surface area contributed by atoms with E-state index >= 15 is 0 Å². The largest absolute Gasteiger partial charge is 0.494 e. The molecular formula is C12H13FO2. The number of hydrogen-bond donors (Lipinski definition) is 0. The Bertz CT molecular complexity index is 401. The number of halogens is 1. The fourth-order valence-electron chi connectivity index (χ4n) is 1.96. The van der Waals surface area contributed by atoms with Crippen molar-refractivity contribution in [3.8, 4) is 5.75 Å². The second-order valence-corrected chi connectivity index (χ2v) is 3.96. The summed E-state index contributed by atoms with van der Waals surface area (Å²) in [6.45, 7) is 1.89. The smallest absolute Gasteiger partial charge is 0.165 e. The van der Waals surface area contributed by atoms with Crippen LogP contribution in [0.2, 0.25) is 0 Å². The van der Waals surface area contributed by atoms with Gasteiger partial charge in [-0.05, 0) is 17.7 Å². The molecule has 2 atom stereocenters. The standard InChI is InChI=1S/C12H13FO2/c1-7-9(6-11(7)14)8-3-4-12(15-2)10(13)5-8/h3-5,7,9H,6H2,1-2H3. The van der Waals surface area contributed by atoms with Crippen molar-refractivity contribution < 1.29 is 13.9 Å². The average Bonchev–Trinajstić information content (AvgIpc) is 2.25. The van der Waals surface area contributed by atoms with E-state index in [1.54, 1.807) is 6.07 Å². The lowest BCUT2D eigenvalue weighted by Crippen LogP contribution is -2.32. The number of methoxy groups -OCH3 is 1. The summed E-state index contributed by atoms with van der Waals surface area (Å²) < 4.78 is 18.2. The van der Waals surface area contributed by atoms with Gasteiger partial charge in [-0.25, -0.2) is 4.39 Å². The Kier molecular flexibility index (Phi) is 2.47.